The van der Waals surface area contributed by atoms with Crippen molar-refractivity contribution in [2.24, 2.45) is 7.05 Å². The lowest BCUT2D eigenvalue weighted by Crippen LogP contribution is -2.07. The molecule has 0 spiro atoms. The fourth-order valence-electron chi connectivity index (χ4n) is 2.13. The lowest BCUT2D eigenvalue weighted by atomic mass is 10.0. The number of nitrogen functional groups attached to an aromatic ring is 1. The van der Waals surface area contributed by atoms with E-state index in [2.05, 4.69) is 5.10 Å². The predicted octanol–water partition coefficient (Wildman–Crippen LogP) is 2.39. The molecule has 3 rings (SSSR count). The quantitative estimate of drug-likeness (QED) is 0.562. The van der Waals surface area contributed by atoms with Crippen molar-refractivity contribution in [1.82, 2.24) is 9.78 Å². The molecule has 4 heteroatoms. The molecule has 0 amide bonds. The maximum atomic E-state index is 12.4. The van der Waals surface area contributed by atoms with Crippen molar-refractivity contribution in [2.45, 2.75) is 0 Å². The summed E-state index contributed by atoms with van der Waals surface area (Å²) in [4.78, 5) is 12.4. The van der Waals surface area contributed by atoms with E-state index >= 15 is 0 Å². The number of benzene rings is 2. The minimum absolute atomic E-state index is 0.149. The molecule has 2 aromatic carbocycles. The Morgan fingerprint density at radius 1 is 1.16 bits per heavy atom. The molecule has 3 aromatic rings. The number of carbonyl (C=O) groups is 1. The highest BCUT2D eigenvalue weighted by Gasteiger charge is 2.15. The van der Waals surface area contributed by atoms with Crippen LogP contribution in [0.25, 0.3) is 10.8 Å². The third-order valence-corrected chi connectivity index (χ3v) is 3.11. The molecule has 0 saturated heterocycles. The summed E-state index contributed by atoms with van der Waals surface area (Å²) >= 11 is 0. The van der Waals surface area contributed by atoms with E-state index in [9.17, 15) is 4.79 Å². The average Bonchev–Trinajstić information content (AvgIpc) is 2.84. The monoisotopic (exact) mass is 251 g/mol. The molecule has 2 N–H and O–H groups in total. The molecule has 4 nitrogen and oxygen atoms in total. The van der Waals surface area contributed by atoms with Gasteiger partial charge in [-0.2, -0.15) is 5.10 Å². The van der Waals surface area contributed by atoms with Gasteiger partial charge in [-0.3, -0.25) is 9.48 Å². The van der Waals surface area contributed by atoms with Crippen LogP contribution in [0.5, 0.6) is 0 Å². The topological polar surface area (TPSA) is 60.9 Å². The Labute approximate surface area is 110 Å². The number of fused-ring (bicyclic) bond motifs is 1. The molecule has 1 aromatic heterocycles. The van der Waals surface area contributed by atoms with E-state index in [4.69, 9.17) is 5.73 Å². The van der Waals surface area contributed by atoms with Crippen LogP contribution in [0.4, 0.5) is 5.69 Å². The van der Waals surface area contributed by atoms with Gasteiger partial charge in [0.2, 0.25) is 5.78 Å². The standard InChI is InChI=1S/C15H13N3O/c1-18-7-6-14(17-18)15(19)12-8-10-4-2-3-5-11(10)9-13(12)16/h2-9H,16H2,1H3. The van der Waals surface area contributed by atoms with E-state index in [1.165, 1.54) is 0 Å². The van der Waals surface area contributed by atoms with Crippen LogP contribution in [-0.2, 0) is 7.05 Å². The van der Waals surface area contributed by atoms with Crippen LogP contribution in [-0.4, -0.2) is 15.6 Å². The first kappa shape index (κ1) is 11.5. The van der Waals surface area contributed by atoms with Crippen molar-refractivity contribution in [3.05, 3.63) is 59.9 Å². The van der Waals surface area contributed by atoms with E-state index < -0.39 is 0 Å². The summed E-state index contributed by atoms with van der Waals surface area (Å²) in [7, 11) is 1.78. The molecule has 0 atom stereocenters. The van der Waals surface area contributed by atoms with Gasteiger partial charge in [-0.1, -0.05) is 24.3 Å². The van der Waals surface area contributed by atoms with Gasteiger partial charge in [0.05, 0.1) is 0 Å². The second kappa shape index (κ2) is 4.24. The number of nitrogens with zero attached hydrogens (tertiary/aromatic N) is 2. The normalized spacial score (nSPS) is 10.8. The smallest absolute Gasteiger partial charge is 0.215 e. The first-order valence-electron chi connectivity index (χ1n) is 5.98. The van der Waals surface area contributed by atoms with Gasteiger partial charge in [-0.15, -0.1) is 0 Å². The summed E-state index contributed by atoms with van der Waals surface area (Å²) in [6.07, 6.45) is 1.74. The Balaban J connectivity index is 2.14. The van der Waals surface area contributed by atoms with Gasteiger partial charge >= 0.3 is 0 Å². The van der Waals surface area contributed by atoms with Crippen LogP contribution in [0.3, 0.4) is 0 Å². The van der Waals surface area contributed by atoms with Gasteiger partial charge in [0.15, 0.2) is 0 Å². The highest BCUT2D eigenvalue weighted by molar-refractivity contribution is 6.13. The number of hydrogen-bond donors (Lipinski definition) is 1. The lowest BCUT2D eigenvalue weighted by Gasteiger charge is -2.06. The molecule has 0 aliphatic carbocycles. The molecule has 19 heavy (non-hydrogen) atoms. The highest BCUT2D eigenvalue weighted by Crippen LogP contribution is 2.23. The minimum atomic E-state index is -0.149. The predicted molar refractivity (Wildman–Crippen MR) is 75.0 cm³/mol. The van der Waals surface area contributed by atoms with Gasteiger partial charge in [0.25, 0.3) is 0 Å². The van der Waals surface area contributed by atoms with Crippen LogP contribution >= 0.6 is 0 Å². The van der Waals surface area contributed by atoms with E-state index in [1.807, 2.05) is 36.4 Å². The van der Waals surface area contributed by atoms with Crippen LogP contribution in [0.2, 0.25) is 0 Å². The Bertz CT molecular complexity index is 774. The second-order valence-electron chi connectivity index (χ2n) is 4.49. The summed E-state index contributed by atoms with van der Waals surface area (Å²) in [5.41, 5.74) is 7.36. The van der Waals surface area contributed by atoms with Crippen molar-refractivity contribution >= 4 is 22.2 Å². The van der Waals surface area contributed by atoms with Gasteiger partial charge in [0, 0.05) is 24.5 Å². The number of aromatic nitrogens is 2. The summed E-state index contributed by atoms with van der Waals surface area (Å²) in [5.74, 6) is -0.149. The highest BCUT2D eigenvalue weighted by atomic mass is 16.1. The molecule has 1 heterocycles. The van der Waals surface area contributed by atoms with E-state index in [-0.39, 0.29) is 5.78 Å². The number of ketones is 1. The van der Waals surface area contributed by atoms with E-state index in [0.29, 0.717) is 16.9 Å². The largest absolute Gasteiger partial charge is 0.398 e. The van der Waals surface area contributed by atoms with Crippen LogP contribution < -0.4 is 5.73 Å². The molecule has 0 saturated carbocycles. The van der Waals surface area contributed by atoms with Crippen LogP contribution in [0.1, 0.15) is 16.1 Å². The number of carbonyl (C=O) groups excluding carboxylic acids is 1. The average molecular weight is 251 g/mol. The summed E-state index contributed by atoms with van der Waals surface area (Å²) < 4.78 is 1.60. The van der Waals surface area contributed by atoms with Gasteiger partial charge in [-0.25, -0.2) is 0 Å². The number of anilines is 1. The third-order valence-electron chi connectivity index (χ3n) is 3.11. The molecule has 94 valence electrons. The minimum Gasteiger partial charge on any atom is -0.398 e. The molecular formula is C15H13N3O. The number of nitrogens with two attached hydrogens (primary N) is 1. The number of aryl methyl sites for hydroxylation is 1. The summed E-state index contributed by atoms with van der Waals surface area (Å²) in [6, 6.07) is 13.2. The Morgan fingerprint density at radius 3 is 2.47 bits per heavy atom. The van der Waals surface area contributed by atoms with Crippen molar-refractivity contribution in [2.75, 3.05) is 5.73 Å². The van der Waals surface area contributed by atoms with Crippen molar-refractivity contribution in [3.63, 3.8) is 0 Å². The van der Waals surface area contributed by atoms with Crippen LogP contribution in [0.15, 0.2) is 48.7 Å². The molecule has 0 bridgehead atoms. The fourth-order valence-corrected chi connectivity index (χ4v) is 2.13. The van der Waals surface area contributed by atoms with Gasteiger partial charge in [-0.05, 0) is 29.0 Å². The summed E-state index contributed by atoms with van der Waals surface area (Å²) in [5, 5.41) is 6.14. The zero-order valence-corrected chi connectivity index (χ0v) is 10.5. The molecule has 0 aliphatic rings. The summed E-state index contributed by atoms with van der Waals surface area (Å²) in [6.45, 7) is 0. The zero-order chi connectivity index (χ0) is 13.4. The van der Waals surface area contributed by atoms with Crippen molar-refractivity contribution < 1.29 is 4.79 Å². The van der Waals surface area contributed by atoms with Gasteiger partial charge < -0.3 is 5.73 Å². The molecular weight excluding hydrogens is 238 g/mol. The van der Waals surface area contributed by atoms with E-state index in [1.54, 1.807) is 24.0 Å². The number of rotatable bonds is 2. The molecule has 0 unspecified atom stereocenters. The Morgan fingerprint density at radius 2 is 1.84 bits per heavy atom. The zero-order valence-electron chi connectivity index (χ0n) is 10.5. The SMILES string of the molecule is Cn1ccc(C(=O)c2cc3ccccc3cc2N)n1. The number of hydrogen-bond acceptors (Lipinski definition) is 3. The Kier molecular flexibility index (Phi) is 2.56. The van der Waals surface area contributed by atoms with Crippen LogP contribution in [0, 0.1) is 0 Å². The first-order chi connectivity index (χ1) is 9.15. The molecule has 0 fully saturated rings. The lowest BCUT2D eigenvalue weighted by molar-refractivity contribution is 0.103. The van der Waals surface area contributed by atoms with Gasteiger partial charge in [0.1, 0.15) is 5.69 Å². The maximum absolute atomic E-state index is 12.4. The van der Waals surface area contributed by atoms with E-state index in [0.717, 1.165) is 10.8 Å². The van der Waals surface area contributed by atoms with Crippen molar-refractivity contribution in [3.8, 4) is 0 Å². The first-order valence-corrected chi connectivity index (χ1v) is 5.98. The molecule has 0 radical (unpaired) electrons. The Hall–Kier alpha value is -2.62. The fraction of sp³-hybridized carbons (Fsp3) is 0.0667. The second-order valence-corrected chi connectivity index (χ2v) is 4.49. The molecule has 0 aliphatic heterocycles. The van der Waals surface area contributed by atoms with Crippen molar-refractivity contribution in [1.29, 1.82) is 0 Å². The maximum Gasteiger partial charge on any atom is 0.215 e. The third kappa shape index (κ3) is 1.97.